The smallest absolute Gasteiger partial charge is 0.127 e. The van der Waals surface area contributed by atoms with Gasteiger partial charge in [-0.1, -0.05) is 31.9 Å². The first kappa shape index (κ1) is 13.6. The van der Waals surface area contributed by atoms with Crippen molar-refractivity contribution in [3.05, 3.63) is 35.2 Å². The van der Waals surface area contributed by atoms with Crippen molar-refractivity contribution < 1.29 is 0 Å². The monoisotopic (exact) mass is 302 g/mol. The van der Waals surface area contributed by atoms with Crippen LogP contribution in [0.15, 0.2) is 30.3 Å². The molecule has 2 N–H and O–H groups in total. The van der Waals surface area contributed by atoms with Crippen molar-refractivity contribution in [2.75, 3.05) is 5.73 Å². The van der Waals surface area contributed by atoms with E-state index in [1.165, 1.54) is 28.8 Å². The second-order valence-electron chi connectivity index (χ2n) is 4.93. The Balaban J connectivity index is 1.89. The third-order valence-electron chi connectivity index (χ3n) is 3.36. The number of benzene rings is 1. The van der Waals surface area contributed by atoms with Crippen molar-refractivity contribution in [3.8, 4) is 10.6 Å². The number of fused-ring (bicyclic) bond motifs is 1. The quantitative estimate of drug-likeness (QED) is 0.646. The Labute approximate surface area is 127 Å². The fraction of sp³-hybridized carbons (Fsp3) is 0.312. The molecule has 0 aliphatic heterocycles. The normalized spacial score (nSPS) is 11.2. The van der Waals surface area contributed by atoms with Gasteiger partial charge in [0, 0.05) is 10.4 Å². The third kappa shape index (κ3) is 2.72. The number of para-hydroxylation sites is 1. The lowest BCUT2D eigenvalue weighted by Gasteiger charge is -1.94. The minimum atomic E-state index is 0.899. The van der Waals surface area contributed by atoms with Crippen LogP contribution in [0.4, 0.5) is 5.00 Å². The van der Waals surface area contributed by atoms with Gasteiger partial charge in [-0.2, -0.15) is 0 Å². The standard InChI is InChI=1S/C16H18N2S2/c1-2-3-4-7-11-10-12(15(17)19-11)16-18-13-8-5-6-9-14(13)20-16/h5-6,8-10H,2-4,7,17H2,1H3. The predicted octanol–water partition coefficient (Wildman–Crippen LogP) is 5.34. The van der Waals surface area contributed by atoms with E-state index in [4.69, 9.17) is 10.7 Å². The second kappa shape index (κ2) is 5.94. The van der Waals surface area contributed by atoms with Gasteiger partial charge in [0.15, 0.2) is 0 Å². The molecular weight excluding hydrogens is 284 g/mol. The topological polar surface area (TPSA) is 38.9 Å². The van der Waals surface area contributed by atoms with Crippen LogP contribution in [0.5, 0.6) is 0 Å². The molecule has 0 amide bonds. The average Bonchev–Trinajstić information content (AvgIpc) is 3.02. The lowest BCUT2D eigenvalue weighted by atomic mass is 10.1. The van der Waals surface area contributed by atoms with Gasteiger partial charge >= 0.3 is 0 Å². The maximum absolute atomic E-state index is 6.18. The maximum atomic E-state index is 6.18. The van der Waals surface area contributed by atoms with Gasteiger partial charge in [-0.25, -0.2) is 4.98 Å². The maximum Gasteiger partial charge on any atom is 0.127 e. The number of anilines is 1. The Morgan fingerprint density at radius 1 is 1.15 bits per heavy atom. The molecular formula is C16H18N2S2. The van der Waals surface area contributed by atoms with E-state index in [1.54, 1.807) is 22.7 Å². The van der Waals surface area contributed by atoms with Gasteiger partial charge in [-0.05, 0) is 31.0 Å². The molecule has 0 spiro atoms. The Bertz CT molecular complexity index is 679. The number of nitrogen functional groups attached to an aromatic ring is 1. The molecule has 1 aromatic carbocycles. The van der Waals surface area contributed by atoms with Gasteiger partial charge in [-0.15, -0.1) is 22.7 Å². The molecule has 104 valence electrons. The Hall–Kier alpha value is -1.39. The van der Waals surface area contributed by atoms with E-state index in [-0.39, 0.29) is 0 Å². The summed E-state index contributed by atoms with van der Waals surface area (Å²) in [5.41, 5.74) is 8.36. The fourth-order valence-corrected chi connectivity index (χ4v) is 4.32. The van der Waals surface area contributed by atoms with Crippen molar-refractivity contribution in [1.29, 1.82) is 0 Å². The van der Waals surface area contributed by atoms with E-state index in [0.29, 0.717) is 0 Å². The van der Waals surface area contributed by atoms with Crippen LogP contribution >= 0.6 is 22.7 Å². The third-order valence-corrected chi connectivity index (χ3v) is 5.46. The van der Waals surface area contributed by atoms with Crippen LogP contribution in [0.1, 0.15) is 31.1 Å². The van der Waals surface area contributed by atoms with Crippen molar-refractivity contribution in [2.45, 2.75) is 32.6 Å². The molecule has 3 rings (SSSR count). The first-order valence-electron chi connectivity index (χ1n) is 7.02. The molecule has 0 atom stereocenters. The lowest BCUT2D eigenvalue weighted by molar-refractivity contribution is 0.723. The number of aromatic nitrogens is 1. The highest BCUT2D eigenvalue weighted by Crippen LogP contribution is 2.38. The molecule has 0 fully saturated rings. The van der Waals surface area contributed by atoms with E-state index < -0.39 is 0 Å². The highest BCUT2D eigenvalue weighted by atomic mass is 32.1. The number of nitrogens with zero attached hydrogens (tertiary/aromatic N) is 1. The largest absolute Gasteiger partial charge is 0.390 e. The average molecular weight is 302 g/mol. The zero-order valence-corrected chi connectivity index (χ0v) is 13.2. The number of nitrogens with two attached hydrogens (primary N) is 1. The van der Waals surface area contributed by atoms with Crippen LogP contribution < -0.4 is 5.73 Å². The number of aryl methyl sites for hydroxylation is 1. The minimum Gasteiger partial charge on any atom is -0.390 e. The van der Waals surface area contributed by atoms with Crippen molar-refractivity contribution in [1.82, 2.24) is 4.98 Å². The van der Waals surface area contributed by atoms with Crippen LogP contribution in [0, 0.1) is 0 Å². The molecule has 0 unspecified atom stereocenters. The summed E-state index contributed by atoms with van der Waals surface area (Å²) in [5, 5.41) is 1.94. The number of thiophene rings is 1. The van der Waals surface area contributed by atoms with Crippen LogP contribution in [-0.4, -0.2) is 4.98 Å². The summed E-state index contributed by atoms with van der Waals surface area (Å²) in [6.45, 7) is 2.23. The Morgan fingerprint density at radius 2 is 2.00 bits per heavy atom. The molecule has 2 nitrogen and oxygen atoms in total. The molecule has 4 heteroatoms. The van der Waals surface area contributed by atoms with Crippen molar-refractivity contribution in [2.24, 2.45) is 0 Å². The summed E-state index contributed by atoms with van der Waals surface area (Å²) in [4.78, 5) is 6.08. The SMILES string of the molecule is CCCCCc1cc(-c2nc3ccccc3s2)c(N)s1. The summed E-state index contributed by atoms with van der Waals surface area (Å²) < 4.78 is 1.22. The van der Waals surface area contributed by atoms with Gasteiger partial charge in [0.25, 0.3) is 0 Å². The molecule has 2 aromatic heterocycles. The molecule has 0 radical (unpaired) electrons. The van der Waals surface area contributed by atoms with Crippen LogP contribution in [0.2, 0.25) is 0 Å². The zero-order valence-electron chi connectivity index (χ0n) is 11.6. The Morgan fingerprint density at radius 3 is 2.80 bits per heavy atom. The fourth-order valence-electron chi connectivity index (χ4n) is 2.28. The van der Waals surface area contributed by atoms with E-state index in [0.717, 1.165) is 27.5 Å². The van der Waals surface area contributed by atoms with Crippen LogP contribution in [0.25, 0.3) is 20.8 Å². The number of hydrogen-bond acceptors (Lipinski definition) is 4. The predicted molar refractivity (Wildman–Crippen MR) is 90.6 cm³/mol. The van der Waals surface area contributed by atoms with E-state index in [1.807, 2.05) is 6.07 Å². The summed E-state index contributed by atoms with van der Waals surface area (Å²) in [6, 6.07) is 10.5. The van der Waals surface area contributed by atoms with E-state index in [9.17, 15) is 0 Å². The van der Waals surface area contributed by atoms with Gasteiger partial charge in [0.1, 0.15) is 5.01 Å². The molecule has 0 aliphatic carbocycles. The Kier molecular flexibility index (Phi) is 4.03. The minimum absolute atomic E-state index is 0.899. The van der Waals surface area contributed by atoms with E-state index in [2.05, 4.69) is 31.2 Å². The number of thiazole rings is 1. The van der Waals surface area contributed by atoms with Gasteiger partial charge in [0.2, 0.25) is 0 Å². The number of unbranched alkanes of at least 4 members (excludes halogenated alkanes) is 2. The number of hydrogen-bond donors (Lipinski definition) is 1. The van der Waals surface area contributed by atoms with Crippen LogP contribution in [0.3, 0.4) is 0 Å². The lowest BCUT2D eigenvalue weighted by Crippen LogP contribution is -1.81. The highest BCUT2D eigenvalue weighted by Gasteiger charge is 2.12. The van der Waals surface area contributed by atoms with Gasteiger partial charge in [0.05, 0.1) is 15.2 Å². The first-order chi connectivity index (χ1) is 9.78. The molecule has 3 aromatic rings. The van der Waals surface area contributed by atoms with E-state index >= 15 is 0 Å². The molecule has 0 bridgehead atoms. The summed E-state index contributed by atoms with van der Waals surface area (Å²) in [5.74, 6) is 0. The first-order valence-corrected chi connectivity index (χ1v) is 8.65. The molecule has 2 heterocycles. The van der Waals surface area contributed by atoms with Crippen molar-refractivity contribution in [3.63, 3.8) is 0 Å². The van der Waals surface area contributed by atoms with Crippen LogP contribution in [-0.2, 0) is 6.42 Å². The van der Waals surface area contributed by atoms with Crippen molar-refractivity contribution >= 4 is 37.9 Å². The molecule has 0 saturated heterocycles. The molecule has 0 aliphatic rings. The summed E-state index contributed by atoms with van der Waals surface area (Å²) in [7, 11) is 0. The second-order valence-corrected chi connectivity index (χ2v) is 7.13. The zero-order chi connectivity index (χ0) is 13.9. The summed E-state index contributed by atoms with van der Waals surface area (Å²) >= 11 is 3.44. The number of rotatable bonds is 5. The molecule has 20 heavy (non-hydrogen) atoms. The molecule has 0 saturated carbocycles. The van der Waals surface area contributed by atoms with Gasteiger partial charge in [-0.3, -0.25) is 0 Å². The van der Waals surface area contributed by atoms with Gasteiger partial charge < -0.3 is 5.73 Å². The summed E-state index contributed by atoms with van der Waals surface area (Å²) in [6.07, 6.45) is 4.92. The highest BCUT2D eigenvalue weighted by molar-refractivity contribution is 7.22.